The van der Waals surface area contributed by atoms with Crippen molar-refractivity contribution >= 4 is 40.7 Å². The van der Waals surface area contributed by atoms with Crippen LogP contribution in [0.1, 0.15) is 16.8 Å². The fourth-order valence-corrected chi connectivity index (χ4v) is 3.48. The number of hydrogen-bond donors (Lipinski definition) is 1. The molecule has 25 heavy (non-hydrogen) atoms. The van der Waals surface area contributed by atoms with Gasteiger partial charge >= 0.3 is 6.09 Å². The Labute approximate surface area is 158 Å². The van der Waals surface area contributed by atoms with E-state index in [2.05, 4.69) is 6.58 Å². The molecule has 1 N–H and O–H groups in total. The summed E-state index contributed by atoms with van der Waals surface area (Å²) in [7, 11) is 2.90. The summed E-state index contributed by atoms with van der Waals surface area (Å²) in [6.07, 6.45) is -1.65. The van der Waals surface area contributed by atoms with Crippen molar-refractivity contribution in [3.63, 3.8) is 0 Å². The van der Waals surface area contributed by atoms with Crippen LogP contribution in [-0.4, -0.2) is 55.0 Å². The van der Waals surface area contributed by atoms with Crippen LogP contribution < -0.4 is 14.4 Å². The maximum Gasteiger partial charge on any atom is 0.426 e. The van der Waals surface area contributed by atoms with E-state index in [1.54, 1.807) is 0 Å². The van der Waals surface area contributed by atoms with Gasteiger partial charge in [0.15, 0.2) is 40.7 Å². The summed E-state index contributed by atoms with van der Waals surface area (Å²) in [4.78, 5) is 27.9. The molecule has 9 heteroatoms. The number of methoxy groups -OCH3 is 2. The first kappa shape index (κ1) is 17.8. The Hall–Kier alpha value is -2.01. The second kappa shape index (κ2) is 6.71. The molecular formula is C16H17IN2O6. The highest BCUT2D eigenvalue weighted by Gasteiger charge is 2.46. The molecular weight excluding hydrogens is 443 g/mol. The zero-order valence-electron chi connectivity index (χ0n) is 13.7. The molecule has 2 atom stereocenters. The normalized spacial score (nSPS) is 22.2. The Morgan fingerprint density at radius 3 is 2.56 bits per heavy atom. The smallest absolute Gasteiger partial charge is 0.426 e. The van der Waals surface area contributed by atoms with Gasteiger partial charge < -0.3 is 22.5 Å². The summed E-state index contributed by atoms with van der Waals surface area (Å²) in [6, 6.07) is 2.39. The minimum Gasteiger partial charge on any atom is -0.493 e. The molecule has 0 spiro atoms. The van der Waals surface area contributed by atoms with Gasteiger partial charge in [0.25, 0.3) is 5.91 Å². The van der Waals surface area contributed by atoms with E-state index in [1.807, 2.05) is 0 Å². The van der Waals surface area contributed by atoms with Gasteiger partial charge in [-0.15, -0.1) is 0 Å². The predicted molar refractivity (Wildman–Crippen MR) is 97.1 cm³/mol. The number of aliphatic hydroxyl groups is 1. The maximum absolute atomic E-state index is 13.0. The molecule has 2 heterocycles. The molecule has 0 aromatic heterocycles. The summed E-state index contributed by atoms with van der Waals surface area (Å²) < 4.78 is 15.3. The minimum absolute atomic E-state index is 0.205. The number of carbonyl (C=O) groups excluding carboxylic acids is 2. The van der Waals surface area contributed by atoms with Crippen LogP contribution in [0.4, 0.5) is 10.5 Å². The van der Waals surface area contributed by atoms with Gasteiger partial charge in [0.1, 0.15) is 0 Å². The van der Waals surface area contributed by atoms with Crippen LogP contribution in [0.2, 0.25) is 0 Å². The molecule has 0 saturated carbocycles. The molecule has 1 aromatic rings. The van der Waals surface area contributed by atoms with Gasteiger partial charge in [-0.1, -0.05) is 12.2 Å². The van der Waals surface area contributed by atoms with Gasteiger partial charge in [-0.25, -0.2) is 9.69 Å². The highest BCUT2D eigenvalue weighted by atomic mass is 127. The van der Waals surface area contributed by atoms with Crippen LogP contribution in [0.25, 0.3) is 0 Å². The average molecular weight is 460 g/mol. The molecule has 0 radical (unpaired) electrons. The molecule has 0 aliphatic carbocycles. The van der Waals surface area contributed by atoms with Crippen molar-refractivity contribution in [1.29, 1.82) is 0 Å². The number of ether oxygens (including phenoxy) is 2. The average Bonchev–Trinajstić information content (AvgIpc) is 2.99. The van der Waals surface area contributed by atoms with Crippen LogP contribution >= 0.6 is 23.0 Å². The topological polar surface area (TPSA) is 88.5 Å². The molecule has 134 valence electrons. The van der Waals surface area contributed by atoms with Gasteiger partial charge in [-0.3, -0.25) is 4.79 Å². The first-order chi connectivity index (χ1) is 11.9. The third-order valence-corrected chi connectivity index (χ3v) is 4.79. The second-order valence-electron chi connectivity index (χ2n) is 5.81. The maximum atomic E-state index is 13.0. The lowest BCUT2D eigenvalue weighted by molar-refractivity contribution is 0.0519. The molecule has 2 amide bonds. The minimum atomic E-state index is -1.27. The summed E-state index contributed by atoms with van der Waals surface area (Å²) in [5.41, 5.74) is 1.23. The van der Waals surface area contributed by atoms with Crippen molar-refractivity contribution in [1.82, 2.24) is 4.90 Å². The number of benzene rings is 1. The number of nitrogens with zero attached hydrogens (tertiary/aromatic N) is 2. The number of amides is 2. The van der Waals surface area contributed by atoms with Crippen LogP contribution in [0.5, 0.6) is 11.5 Å². The van der Waals surface area contributed by atoms with Gasteiger partial charge in [-0.05, 0) is 12.5 Å². The largest absolute Gasteiger partial charge is 0.493 e. The highest BCUT2D eigenvalue weighted by molar-refractivity contribution is 14.1. The molecule has 1 fully saturated rings. The van der Waals surface area contributed by atoms with E-state index >= 15 is 0 Å². The lowest BCUT2D eigenvalue weighted by Crippen LogP contribution is -2.50. The van der Waals surface area contributed by atoms with Crippen LogP contribution in [0, 0.1) is 0 Å². The lowest BCUT2D eigenvalue weighted by Gasteiger charge is -2.30. The van der Waals surface area contributed by atoms with Crippen molar-refractivity contribution < 1.29 is 27.2 Å². The Balaban J connectivity index is 2.24. The first-order valence-electron chi connectivity index (χ1n) is 7.46. The highest BCUT2D eigenvalue weighted by Crippen LogP contribution is 2.41. The Morgan fingerprint density at radius 2 is 1.96 bits per heavy atom. The zero-order chi connectivity index (χ0) is 18.3. The molecule has 1 aromatic carbocycles. The number of hydrogen-bond acceptors (Lipinski definition) is 6. The number of aliphatic hydroxyl groups excluding tert-OH is 1. The lowest BCUT2D eigenvalue weighted by atomic mass is 10.1. The van der Waals surface area contributed by atoms with Crippen molar-refractivity contribution in [3.05, 3.63) is 29.8 Å². The molecule has 3 rings (SSSR count). The Kier molecular flexibility index (Phi) is 4.78. The molecule has 8 nitrogen and oxygen atoms in total. The summed E-state index contributed by atoms with van der Waals surface area (Å²) in [6.45, 7) is 4.22. The third kappa shape index (κ3) is 2.80. The summed E-state index contributed by atoms with van der Waals surface area (Å²) >= 11 is 1.44. The number of halogens is 1. The van der Waals surface area contributed by atoms with Gasteiger partial charge in [0.2, 0.25) is 0 Å². The molecule has 2 aliphatic heterocycles. The number of rotatable bonds is 2. The van der Waals surface area contributed by atoms with Gasteiger partial charge in [-0.2, -0.15) is 0 Å². The number of fused-ring (bicyclic) bond motifs is 2. The van der Waals surface area contributed by atoms with Crippen molar-refractivity contribution in [3.8, 4) is 11.5 Å². The van der Waals surface area contributed by atoms with Crippen molar-refractivity contribution in [2.75, 3.05) is 25.7 Å². The van der Waals surface area contributed by atoms with Crippen molar-refractivity contribution in [2.24, 2.45) is 0 Å². The van der Waals surface area contributed by atoms with E-state index in [0.717, 1.165) is 10.5 Å². The standard InChI is InChI=1S/C16H17IN2O6/c1-8-4-11-15(21)19(16(22)25-17)10-6-13(24-3)12(23-2)5-9(10)14(20)18(11)7-8/h5-6,11,15,21H,1,4,7H2,2-3H3/t11-,15-/m0/s1. The Morgan fingerprint density at radius 1 is 1.32 bits per heavy atom. The number of carbonyl (C=O) groups is 2. The van der Waals surface area contributed by atoms with Crippen LogP contribution in [0.15, 0.2) is 24.3 Å². The fourth-order valence-electron chi connectivity index (χ4n) is 3.27. The zero-order valence-corrected chi connectivity index (χ0v) is 15.8. The third-order valence-electron chi connectivity index (χ3n) is 4.42. The Bertz CT molecular complexity index is 752. The quantitative estimate of drug-likeness (QED) is 0.538. The second-order valence-corrected chi connectivity index (χ2v) is 6.25. The monoisotopic (exact) mass is 460 g/mol. The fraction of sp³-hybridized carbons (Fsp3) is 0.375. The molecule has 0 bridgehead atoms. The van der Waals surface area contributed by atoms with Gasteiger partial charge in [0, 0.05) is 12.6 Å². The van der Waals surface area contributed by atoms with Crippen LogP contribution in [0.3, 0.4) is 0 Å². The predicted octanol–water partition coefficient (Wildman–Crippen LogP) is 2.10. The summed E-state index contributed by atoms with van der Waals surface area (Å²) in [5, 5.41) is 10.8. The molecule has 0 unspecified atom stereocenters. The molecule has 2 aliphatic rings. The van der Waals surface area contributed by atoms with E-state index < -0.39 is 18.4 Å². The first-order valence-corrected chi connectivity index (χ1v) is 8.34. The molecule has 1 saturated heterocycles. The number of anilines is 1. The van der Waals surface area contributed by atoms with E-state index in [4.69, 9.17) is 12.5 Å². The van der Waals surface area contributed by atoms with Crippen molar-refractivity contribution in [2.45, 2.75) is 18.7 Å². The van der Waals surface area contributed by atoms with E-state index in [0.29, 0.717) is 24.5 Å². The van der Waals surface area contributed by atoms with E-state index in [-0.39, 0.29) is 17.2 Å². The van der Waals surface area contributed by atoms with E-state index in [9.17, 15) is 14.7 Å². The van der Waals surface area contributed by atoms with Gasteiger partial charge in [0.05, 0.1) is 31.5 Å². The van der Waals surface area contributed by atoms with Crippen LogP contribution in [-0.2, 0) is 3.07 Å². The summed E-state index contributed by atoms with van der Waals surface area (Å²) in [5.74, 6) is 0.366. The van der Waals surface area contributed by atoms with E-state index in [1.165, 1.54) is 54.3 Å². The SMILES string of the molecule is C=C1C[C@H]2[C@H](O)N(C(=O)OI)c3cc(OC)c(OC)cc3C(=O)N2C1.